The molecule has 82 valence electrons. The molecule has 1 fully saturated rings. The van der Waals surface area contributed by atoms with Gasteiger partial charge in [0.25, 0.3) is 0 Å². The number of epoxide rings is 1. The number of hydrogen-bond acceptors (Lipinski definition) is 3. The van der Waals surface area contributed by atoms with Crippen molar-refractivity contribution < 1.29 is 4.74 Å². The summed E-state index contributed by atoms with van der Waals surface area (Å²) in [6.45, 7) is 4.05. The number of nitrogens with zero attached hydrogens (tertiary/aromatic N) is 1. The maximum absolute atomic E-state index is 5.20. The summed E-state index contributed by atoms with van der Waals surface area (Å²) < 4.78 is 8.57. The second-order valence-electron chi connectivity index (χ2n) is 3.77. The molecule has 1 aromatic rings. The molecule has 0 amide bonds. The molecular formula is C11H14BrNOS. The van der Waals surface area contributed by atoms with Crippen molar-refractivity contribution in [3.63, 3.8) is 0 Å². The van der Waals surface area contributed by atoms with Gasteiger partial charge in [-0.15, -0.1) is 0 Å². The third kappa shape index (κ3) is 3.48. The number of likely N-dealkylation sites (N-methyl/N-ethyl adjacent to an activating group) is 1. The van der Waals surface area contributed by atoms with Gasteiger partial charge in [-0.25, -0.2) is 4.31 Å². The monoisotopic (exact) mass is 287 g/mol. The minimum absolute atomic E-state index is 0.457. The van der Waals surface area contributed by atoms with Crippen molar-refractivity contribution in [2.24, 2.45) is 0 Å². The molecular weight excluding hydrogens is 274 g/mol. The largest absolute Gasteiger partial charge is 0.372 e. The smallest absolute Gasteiger partial charge is 0.0945 e. The van der Waals surface area contributed by atoms with Crippen LogP contribution in [0.4, 0.5) is 0 Å². The van der Waals surface area contributed by atoms with Gasteiger partial charge >= 0.3 is 0 Å². The van der Waals surface area contributed by atoms with E-state index in [1.807, 2.05) is 0 Å². The van der Waals surface area contributed by atoms with Crippen LogP contribution < -0.4 is 0 Å². The molecule has 0 aromatic heterocycles. The average Bonchev–Trinajstić information content (AvgIpc) is 2.94. The van der Waals surface area contributed by atoms with Crippen LogP contribution >= 0.6 is 27.9 Å². The van der Waals surface area contributed by atoms with Crippen molar-refractivity contribution >= 4 is 27.9 Å². The lowest BCUT2D eigenvalue weighted by atomic mass is 10.2. The Morgan fingerprint density at radius 2 is 2.33 bits per heavy atom. The molecule has 15 heavy (non-hydrogen) atoms. The summed E-state index contributed by atoms with van der Waals surface area (Å²) in [5.74, 6) is 0. The first-order chi connectivity index (χ1) is 7.15. The average molecular weight is 288 g/mol. The van der Waals surface area contributed by atoms with E-state index in [0.29, 0.717) is 6.10 Å². The van der Waals surface area contributed by atoms with Crippen LogP contribution in [0, 0.1) is 6.92 Å². The van der Waals surface area contributed by atoms with Gasteiger partial charge in [0.05, 0.1) is 12.7 Å². The number of ether oxygens (including phenoxy) is 1. The molecule has 1 aromatic carbocycles. The van der Waals surface area contributed by atoms with E-state index in [1.54, 1.807) is 11.9 Å². The van der Waals surface area contributed by atoms with Gasteiger partial charge in [0.1, 0.15) is 0 Å². The summed E-state index contributed by atoms with van der Waals surface area (Å²) in [4.78, 5) is 1.31. The Kier molecular flexibility index (Phi) is 3.72. The van der Waals surface area contributed by atoms with Crippen LogP contribution in [0.25, 0.3) is 0 Å². The molecule has 0 unspecified atom stereocenters. The summed E-state index contributed by atoms with van der Waals surface area (Å²) in [5, 5.41) is 0. The highest BCUT2D eigenvalue weighted by Gasteiger charge is 2.24. The van der Waals surface area contributed by atoms with E-state index in [4.69, 9.17) is 4.74 Å². The highest BCUT2D eigenvalue weighted by Crippen LogP contribution is 2.28. The summed E-state index contributed by atoms with van der Waals surface area (Å²) in [5.41, 5.74) is 1.30. The lowest BCUT2D eigenvalue weighted by molar-refractivity contribution is 0.373. The summed E-state index contributed by atoms with van der Waals surface area (Å²) in [6, 6.07) is 6.37. The van der Waals surface area contributed by atoms with Crippen molar-refractivity contribution in [2.75, 3.05) is 20.2 Å². The third-order valence-electron chi connectivity index (χ3n) is 2.25. The van der Waals surface area contributed by atoms with Gasteiger partial charge in [-0.2, -0.15) is 0 Å². The van der Waals surface area contributed by atoms with Crippen molar-refractivity contribution in [3.05, 3.63) is 28.2 Å². The van der Waals surface area contributed by atoms with Crippen LogP contribution in [0.1, 0.15) is 5.56 Å². The molecule has 0 saturated carbocycles. The molecule has 0 radical (unpaired) electrons. The van der Waals surface area contributed by atoms with E-state index < -0.39 is 0 Å². The van der Waals surface area contributed by atoms with E-state index in [0.717, 1.165) is 17.6 Å². The number of rotatable bonds is 4. The molecule has 0 N–H and O–H groups in total. The first-order valence-corrected chi connectivity index (χ1v) is 6.48. The van der Waals surface area contributed by atoms with Crippen LogP contribution in [0.15, 0.2) is 27.6 Å². The van der Waals surface area contributed by atoms with Gasteiger partial charge in [-0.1, -0.05) is 15.9 Å². The molecule has 1 saturated heterocycles. The van der Waals surface area contributed by atoms with Gasteiger partial charge < -0.3 is 4.74 Å². The molecule has 0 bridgehead atoms. The maximum atomic E-state index is 5.20. The van der Waals surface area contributed by atoms with Crippen molar-refractivity contribution in [2.45, 2.75) is 17.9 Å². The fraction of sp³-hybridized carbons (Fsp3) is 0.455. The highest BCUT2D eigenvalue weighted by molar-refractivity contribution is 9.10. The zero-order valence-electron chi connectivity index (χ0n) is 8.87. The zero-order chi connectivity index (χ0) is 10.8. The normalized spacial score (nSPS) is 19.6. The summed E-state index contributed by atoms with van der Waals surface area (Å²) >= 11 is 5.25. The van der Waals surface area contributed by atoms with E-state index in [2.05, 4.69) is 52.4 Å². The fourth-order valence-corrected chi connectivity index (χ4v) is 2.76. The Bertz CT molecular complexity index is 354. The van der Waals surface area contributed by atoms with Crippen LogP contribution in [0.3, 0.4) is 0 Å². The second-order valence-corrected chi connectivity index (χ2v) is 5.93. The molecule has 2 nitrogen and oxygen atoms in total. The second kappa shape index (κ2) is 4.87. The topological polar surface area (TPSA) is 15.8 Å². The Labute approximate surface area is 103 Å². The summed E-state index contributed by atoms with van der Waals surface area (Å²) in [7, 11) is 2.10. The van der Waals surface area contributed by atoms with Gasteiger partial charge in [0.15, 0.2) is 0 Å². The van der Waals surface area contributed by atoms with E-state index in [1.165, 1.54) is 10.5 Å². The third-order valence-corrected chi connectivity index (χ3v) is 3.86. The molecule has 0 aliphatic carbocycles. The maximum Gasteiger partial charge on any atom is 0.0945 e. The lowest BCUT2D eigenvalue weighted by Crippen LogP contribution is -2.15. The lowest BCUT2D eigenvalue weighted by Gasteiger charge is -2.15. The molecule has 1 aliphatic heterocycles. The number of aryl methyl sites for hydroxylation is 1. The fourth-order valence-electron chi connectivity index (χ4n) is 1.38. The predicted octanol–water partition coefficient (Wildman–Crippen LogP) is 3.10. The standard InChI is InChI=1S/C11H14BrNOS/c1-8-5-9(12)3-4-11(8)15-13(2)6-10-7-14-10/h3-5,10H,6-7H2,1-2H3/t10-/m0/s1. The molecule has 4 heteroatoms. The minimum Gasteiger partial charge on any atom is -0.372 e. The van der Waals surface area contributed by atoms with E-state index >= 15 is 0 Å². The first kappa shape index (κ1) is 11.5. The van der Waals surface area contributed by atoms with Crippen LogP contribution in [0.5, 0.6) is 0 Å². The van der Waals surface area contributed by atoms with Crippen LogP contribution in [0.2, 0.25) is 0 Å². The van der Waals surface area contributed by atoms with E-state index in [9.17, 15) is 0 Å². The molecule has 0 spiro atoms. The SMILES string of the molecule is Cc1cc(Br)ccc1SN(C)C[C@H]1CO1. The van der Waals surface area contributed by atoms with E-state index in [-0.39, 0.29) is 0 Å². The van der Waals surface area contributed by atoms with Crippen molar-refractivity contribution in [3.8, 4) is 0 Å². The van der Waals surface area contributed by atoms with Crippen molar-refractivity contribution in [1.29, 1.82) is 0 Å². The predicted molar refractivity (Wildman–Crippen MR) is 67.1 cm³/mol. The summed E-state index contributed by atoms with van der Waals surface area (Å²) in [6.07, 6.45) is 0.457. The molecule has 2 rings (SSSR count). The Hall–Kier alpha value is -0.0300. The molecule has 1 aliphatic rings. The van der Waals surface area contributed by atoms with Gasteiger partial charge in [-0.3, -0.25) is 0 Å². The number of hydrogen-bond donors (Lipinski definition) is 0. The van der Waals surface area contributed by atoms with Crippen LogP contribution in [-0.4, -0.2) is 30.6 Å². The van der Waals surface area contributed by atoms with Crippen LogP contribution in [-0.2, 0) is 4.74 Å². The van der Waals surface area contributed by atoms with Crippen molar-refractivity contribution in [1.82, 2.24) is 4.31 Å². The Morgan fingerprint density at radius 3 is 2.93 bits per heavy atom. The number of benzene rings is 1. The zero-order valence-corrected chi connectivity index (χ0v) is 11.3. The number of halogens is 1. The minimum atomic E-state index is 0.457. The first-order valence-electron chi connectivity index (χ1n) is 4.92. The van der Waals surface area contributed by atoms with Gasteiger partial charge in [0, 0.05) is 15.9 Å². The highest BCUT2D eigenvalue weighted by atomic mass is 79.9. The molecule has 1 heterocycles. The van der Waals surface area contributed by atoms with Gasteiger partial charge in [-0.05, 0) is 49.7 Å². The molecule has 1 atom stereocenters. The Balaban J connectivity index is 1.96. The quantitative estimate of drug-likeness (QED) is 0.625. The van der Waals surface area contributed by atoms with Gasteiger partial charge in [0.2, 0.25) is 0 Å². The Morgan fingerprint density at radius 1 is 1.60 bits per heavy atom.